The van der Waals surface area contributed by atoms with Gasteiger partial charge in [-0.2, -0.15) is 0 Å². The van der Waals surface area contributed by atoms with Crippen LogP contribution in [0.5, 0.6) is 0 Å². The predicted octanol–water partition coefficient (Wildman–Crippen LogP) is 15.0. The van der Waals surface area contributed by atoms with Gasteiger partial charge in [-0.25, -0.2) is 9.97 Å². The van der Waals surface area contributed by atoms with Gasteiger partial charge in [-0.05, 0) is 71.7 Å². The third-order valence-corrected chi connectivity index (χ3v) is 12.5. The van der Waals surface area contributed by atoms with E-state index in [1.165, 1.54) is 70.4 Å². The van der Waals surface area contributed by atoms with Gasteiger partial charge in [-0.15, -0.1) is 0 Å². The zero-order chi connectivity index (χ0) is 38.6. The molecule has 0 fully saturated rings. The molecule has 0 aliphatic rings. The minimum absolute atomic E-state index is 0.812. The molecule has 13 rings (SSSR count). The number of hydrogen-bond donors (Lipinski definition) is 0. The van der Waals surface area contributed by atoms with Crippen molar-refractivity contribution in [2.24, 2.45) is 0 Å². The van der Waals surface area contributed by atoms with E-state index < -0.39 is 0 Å². The molecule has 0 N–H and O–H groups in total. The molecule has 2 heterocycles. The number of benzene rings is 11. The zero-order valence-electron chi connectivity index (χ0n) is 31.9. The highest BCUT2D eigenvalue weighted by Crippen LogP contribution is 2.46. The van der Waals surface area contributed by atoms with Crippen molar-refractivity contribution in [3.8, 4) is 28.2 Å². The van der Waals surface area contributed by atoms with Crippen molar-refractivity contribution in [2.75, 3.05) is 0 Å². The Hall–Kier alpha value is -7.88. The average Bonchev–Trinajstić information content (AvgIpc) is 3.66. The molecule has 0 atom stereocenters. The summed E-state index contributed by atoms with van der Waals surface area (Å²) in [6.45, 7) is 0. The molecule has 0 saturated carbocycles. The Kier molecular flexibility index (Phi) is 6.72. The molecule has 2 aromatic heterocycles. The van der Waals surface area contributed by atoms with Crippen molar-refractivity contribution in [1.82, 2.24) is 14.5 Å². The van der Waals surface area contributed by atoms with E-state index in [1.54, 1.807) is 0 Å². The topological polar surface area (TPSA) is 30.7 Å². The van der Waals surface area contributed by atoms with Crippen LogP contribution in [0, 0.1) is 0 Å². The van der Waals surface area contributed by atoms with E-state index in [9.17, 15) is 0 Å². The molecular weight excluding hydrogens is 715 g/mol. The number of nitrogens with zero attached hydrogens (tertiary/aromatic N) is 3. The molecule has 3 nitrogen and oxygen atoms in total. The lowest BCUT2D eigenvalue weighted by Crippen LogP contribution is -2.05. The number of rotatable bonds is 3. The highest BCUT2D eigenvalue weighted by molar-refractivity contribution is 6.36. The van der Waals surface area contributed by atoms with Crippen LogP contribution in [-0.2, 0) is 0 Å². The van der Waals surface area contributed by atoms with Crippen molar-refractivity contribution >= 4 is 97.5 Å². The van der Waals surface area contributed by atoms with E-state index in [4.69, 9.17) is 9.97 Å². The van der Waals surface area contributed by atoms with E-state index in [0.29, 0.717) is 0 Å². The molecule has 0 unspecified atom stereocenters. The maximum absolute atomic E-state index is 5.81. The second kappa shape index (κ2) is 12.3. The average molecular weight is 748 g/mol. The second-order valence-corrected chi connectivity index (χ2v) is 15.6. The third-order valence-electron chi connectivity index (χ3n) is 12.5. The van der Waals surface area contributed by atoms with Gasteiger partial charge >= 0.3 is 0 Å². The molecule has 13 aromatic rings. The van der Waals surface area contributed by atoms with Crippen molar-refractivity contribution in [2.45, 2.75) is 0 Å². The first kappa shape index (κ1) is 32.2. The second-order valence-electron chi connectivity index (χ2n) is 15.6. The van der Waals surface area contributed by atoms with Crippen molar-refractivity contribution in [3.63, 3.8) is 0 Å². The quantitative estimate of drug-likeness (QED) is 0.169. The highest BCUT2D eigenvalue weighted by atomic mass is 15.1. The van der Waals surface area contributed by atoms with Crippen LogP contribution in [0.3, 0.4) is 0 Å². The standard InChI is InChI=1S/C56H33N3/c1-2-14-34(15-3-1)37-29-30-47(44-24-11-8-20-40(37)44)54-56(58-53-38-18-6-4-16-35(38)27-32-49(53)57-54)59-50-33-31-46-43-23-10-9-21-41(43)42-22-12-13-25-45(42)51(46)52(50)48-28-26-36-17-5-7-19-39(36)55(48)59/h1-33H. The van der Waals surface area contributed by atoms with E-state index in [0.717, 1.165) is 55.3 Å². The van der Waals surface area contributed by atoms with Crippen LogP contribution in [0.1, 0.15) is 0 Å². The summed E-state index contributed by atoms with van der Waals surface area (Å²) >= 11 is 0. The highest BCUT2D eigenvalue weighted by Gasteiger charge is 2.25. The molecular formula is C56H33N3. The predicted molar refractivity (Wildman–Crippen MR) is 250 cm³/mol. The Morgan fingerprint density at radius 3 is 1.59 bits per heavy atom. The Labute approximate surface area is 339 Å². The van der Waals surface area contributed by atoms with Gasteiger partial charge in [0.2, 0.25) is 0 Å². The monoisotopic (exact) mass is 747 g/mol. The van der Waals surface area contributed by atoms with Gasteiger partial charge in [-0.1, -0.05) is 188 Å². The van der Waals surface area contributed by atoms with Crippen LogP contribution in [0.15, 0.2) is 200 Å². The minimum Gasteiger partial charge on any atom is -0.291 e. The largest absolute Gasteiger partial charge is 0.291 e. The SMILES string of the molecule is c1ccc(-c2ccc(-c3nc4ccc5ccccc5c4nc3-n3c4ccc5c6ccccc6c6ccccc6c5c4c4ccc5ccccc5c43)c3ccccc23)cc1. The van der Waals surface area contributed by atoms with Gasteiger partial charge in [0.05, 0.1) is 22.1 Å². The van der Waals surface area contributed by atoms with E-state index in [1.807, 2.05) is 0 Å². The Morgan fingerprint density at radius 2 is 0.847 bits per heavy atom. The van der Waals surface area contributed by atoms with E-state index in [2.05, 4.69) is 205 Å². The van der Waals surface area contributed by atoms with Crippen LogP contribution < -0.4 is 0 Å². The summed E-state index contributed by atoms with van der Waals surface area (Å²) in [4.78, 5) is 11.5. The maximum atomic E-state index is 5.81. The van der Waals surface area contributed by atoms with Crippen LogP contribution in [0.25, 0.3) is 126 Å². The Bertz CT molecular complexity index is 3860. The summed E-state index contributed by atoms with van der Waals surface area (Å²) in [6.07, 6.45) is 0. The molecule has 0 bridgehead atoms. The number of fused-ring (bicyclic) bond motifs is 16. The summed E-state index contributed by atoms with van der Waals surface area (Å²) in [7, 11) is 0. The zero-order valence-corrected chi connectivity index (χ0v) is 31.9. The lowest BCUT2D eigenvalue weighted by molar-refractivity contribution is 1.09. The number of aromatic nitrogens is 3. The van der Waals surface area contributed by atoms with E-state index >= 15 is 0 Å². The lowest BCUT2D eigenvalue weighted by Gasteiger charge is -2.18. The van der Waals surface area contributed by atoms with Gasteiger partial charge < -0.3 is 0 Å². The number of hydrogen-bond acceptors (Lipinski definition) is 2. The van der Waals surface area contributed by atoms with E-state index in [-0.39, 0.29) is 0 Å². The van der Waals surface area contributed by atoms with Crippen LogP contribution in [-0.4, -0.2) is 14.5 Å². The van der Waals surface area contributed by atoms with Crippen molar-refractivity contribution in [3.05, 3.63) is 200 Å². The first-order valence-electron chi connectivity index (χ1n) is 20.3. The molecule has 0 radical (unpaired) electrons. The first-order chi connectivity index (χ1) is 29.3. The lowest BCUT2D eigenvalue weighted by atomic mass is 9.91. The molecule has 272 valence electrons. The van der Waals surface area contributed by atoms with Crippen LogP contribution >= 0.6 is 0 Å². The van der Waals surface area contributed by atoms with Gasteiger partial charge in [-0.3, -0.25) is 4.57 Å². The summed E-state index contributed by atoms with van der Waals surface area (Å²) in [5.74, 6) is 0.812. The molecule has 0 aliphatic heterocycles. The smallest absolute Gasteiger partial charge is 0.165 e. The molecule has 11 aromatic carbocycles. The molecule has 0 aliphatic carbocycles. The summed E-state index contributed by atoms with van der Waals surface area (Å²) in [5.41, 5.74) is 8.26. The maximum Gasteiger partial charge on any atom is 0.165 e. The van der Waals surface area contributed by atoms with Gasteiger partial charge in [0.1, 0.15) is 5.69 Å². The molecule has 0 spiro atoms. The third kappa shape index (κ3) is 4.58. The van der Waals surface area contributed by atoms with Gasteiger partial charge in [0.15, 0.2) is 5.82 Å². The van der Waals surface area contributed by atoms with Crippen molar-refractivity contribution < 1.29 is 0 Å². The fourth-order valence-corrected chi connectivity index (χ4v) is 9.97. The molecule has 0 saturated heterocycles. The fraction of sp³-hybridized carbons (Fsp3) is 0. The Balaban J connectivity index is 1.25. The summed E-state index contributed by atoms with van der Waals surface area (Å²) < 4.78 is 2.43. The van der Waals surface area contributed by atoms with Gasteiger partial charge in [0.25, 0.3) is 0 Å². The minimum atomic E-state index is 0.812. The summed E-state index contributed by atoms with van der Waals surface area (Å²) in [6, 6.07) is 72.5. The van der Waals surface area contributed by atoms with Crippen LogP contribution in [0.4, 0.5) is 0 Å². The first-order valence-corrected chi connectivity index (χ1v) is 20.3. The molecule has 0 amide bonds. The summed E-state index contributed by atoms with van der Waals surface area (Å²) in [5, 5.41) is 16.9. The van der Waals surface area contributed by atoms with Gasteiger partial charge in [0, 0.05) is 32.5 Å². The Morgan fingerprint density at radius 1 is 0.322 bits per heavy atom. The fourth-order valence-electron chi connectivity index (χ4n) is 9.97. The van der Waals surface area contributed by atoms with Crippen LogP contribution in [0.2, 0.25) is 0 Å². The molecule has 59 heavy (non-hydrogen) atoms. The van der Waals surface area contributed by atoms with Crippen molar-refractivity contribution in [1.29, 1.82) is 0 Å². The normalized spacial score (nSPS) is 12.1. The molecule has 3 heteroatoms.